The average Bonchev–Trinajstić information content (AvgIpc) is 2.76. The SMILES string of the molecule is C=C(NCCCCOC)OCCN=C(N)[C@@H](COCc1ccccc1)NC(=O)CC. The Kier molecular flexibility index (Phi) is 13.8. The van der Waals surface area contributed by atoms with E-state index in [0.29, 0.717) is 37.9 Å². The largest absolute Gasteiger partial charge is 0.478 e. The van der Waals surface area contributed by atoms with Gasteiger partial charge in [-0.05, 0) is 25.0 Å². The molecule has 1 atom stereocenters. The molecule has 0 saturated heterocycles. The maximum atomic E-state index is 11.8. The number of hydrogen-bond acceptors (Lipinski definition) is 6. The zero-order valence-electron chi connectivity index (χ0n) is 18.2. The highest BCUT2D eigenvalue weighted by molar-refractivity contribution is 5.90. The second-order valence-corrected chi connectivity index (χ2v) is 6.68. The Labute approximate surface area is 179 Å². The number of nitrogens with zero attached hydrogens (tertiary/aromatic N) is 1. The Bertz CT molecular complexity index is 637. The topological polar surface area (TPSA) is 107 Å². The molecular weight excluding hydrogens is 384 g/mol. The minimum Gasteiger partial charge on any atom is -0.478 e. The summed E-state index contributed by atoms with van der Waals surface area (Å²) < 4.78 is 16.2. The number of methoxy groups -OCH3 is 1. The summed E-state index contributed by atoms with van der Waals surface area (Å²) in [6, 6.07) is 9.33. The van der Waals surface area contributed by atoms with E-state index in [0.717, 1.165) is 31.6 Å². The van der Waals surface area contributed by atoms with E-state index in [9.17, 15) is 4.79 Å². The summed E-state index contributed by atoms with van der Waals surface area (Å²) in [5, 5.41) is 5.95. The summed E-state index contributed by atoms with van der Waals surface area (Å²) in [7, 11) is 1.69. The fraction of sp³-hybridized carbons (Fsp3) is 0.545. The maximum Gasteiger partial charge on any atom is 0.220 e. The van der Waals surface area contributed by atoms with Crippen LogP contribution in [0.5, 0.6) is 0 Å². The number of carbonyl (C=O) groups is 1. The average molecular weight is 421 g/mol. The zero-order chi connectivity index (χ0) is 22.0. The van der Waals surface area contributed by atoms with E-state index in [-0.39, 0.29) is 12.5 Å². The number of ether oxygens (including phenoxy) is 3. The molecule has 0 aliphatic carbocycles. The second kappa shape index (κ2) is 16.2. The summed E-state index contributed by atoms with van der Waals surface area (Å²) in [6.07, 6.45) is 2.32. The fourth-order valence-electron chi connectivity index (χ4n) is 2.47. The van der Waals surface area contributed by atoms with Gasteiger partial charge in [0.1, 0.15) is 18.5 Å². The molecular formula is C22H36N4O4. The van der Waals surface area contributed by atoms with Gasteiger partial charge in [0.05, 0.1) is 19.8 Å². The lowest BCUT2D eigenvalue weighted by atomic mass is 10.2. The van der Waals surface area contributed by atoms with Crippen LogP contribution in [0.4, 0.5) is 0 Å². The predicted octanol–water partition coefficient (Wildman–Crippen LogP) is 1.96. The third-order valence-corrected chi connectivity index (χ3v) is 4.17. The molecule has 1 amide bonds. The quantitative estimate of drug-likeness (QED) is 0.154. The Morgan fingerprint density at radius 3 is 2.70 bits per heavy atom. The van der Waals surface area contributed by atoms with Crippen LogP contribution in [0.25, 0.3) is 0 Å². The first-order valence-electron chi connectivity index (χ1n) is 10.3. The smallest absolute Gasteiger partial charge is 0.220 e. The van der Waals surface area contributed by atoms with Crippen molar-refractivity contribution >= 4 is 11.7 Å². The molecule has 0 aliphatic heterocycles. The van der Waals surface area contributed by atoms with Crippen LogP contribution < -0.4 is 16.4 Å². The summed E-state index contributed by atoms with van der Waals surface area (Å²) in [6.45, 7) is 8.50. The van der Waals surface area contributed by atoms with Crippen molar-refractivity contribution in [2.75, 3.05) is 40.0 Å². The zero-order valence-corrected chi connectivity index (χ0v) is 18.2. The van der Waals surface area contributed by atoms with Gasteiger partial charge in [-0.15, -0.1) is 0 Å². The summed E-state index contributed by atoms with van der Waals surface area (Å²) in [5.41, 5.74) is 7.14. The van der Waals surface area contributed by atoms with Crippen molar-refractivity contribution in [2.24, 2.45) is 10.7 Å². The molecule has 0 unspecified atom stereocenters. The fourth-order valence-corrected chi connectivity index (χ4v) is 2.47. The number of hydrogen-bond donors (Lipinski definition) is 3. The minimum absolute atomic E-state index is 0.108. The van der Waals surface area contributed by atoms with Crippen molar-refractivity contribution in [3.8, 4) is 0 Å². The summed E-state index contributed by atoms with van der Waals surface area (Å²) in [4.78, 5) is 16.1. The van der Waals surface area contributed by atoms with E-state index in [1.807, 2.05) is 30.3 Å². The highest BCUT2D eigenvalue weighted by Crippen LogP contribution is 2.01. The van der Waals surface area contributed by atoms with Crippen LogP contribution in [-0.4, -0.2) is 57.8 Å². The van der Waals surface area contributed by atoms with E-state index in [1.165, 1.54) is 0 Å². The number of nitrogens with two attached hydrogens (primary N) is 1. The molecule has 1 aromatic rings. The molecule has 0 spiro atoms. The molecule has 0 bridgehead atoms. The molecule has 8 heteroatoms. The van der Waals surface area contributed by atoms with Crippen LogP contribution in [-0.2, 0) is 25.6 Å². The van der Waals surface area contributed by atoms with Gasteiger partial charge in [-0.2, -0.15) is 0 Å². The third-order valence-electron chi connectivity index (χ3n) is 4.17. The number of amidine groups is 1. The number of aliphatic imine (C=N–C) groups is 1. The lowest BCUT2D eigenvalue weighted by Crippen LogP contribution is -2.47. The van der Waals surface area contributed by atoms with Gasteiger partial charge in [-0.3, -0.25) is 9.79 Å². The first kappa shape index (κ1) is 25.5. The number of carbonyl (C=O) groups excluding carboxylic acids is 1. The minimum atomic E-state index is -0.483. The molecule has 0 radical (unpaired) electrons. The van der Waals surface area contributed by atoms with Crippen LogP contribution in [0, 0.1) is 0 Å². The van der Waals surface area contributed by atoms with E-state index < -0.39 is 6.04 Å². The second-order valence-electron chi connectivity index (χ2n) is 6.68. The number of nitrogens with one attached hydrogen (secondary N) is 2. The van der Waals surface area contributed by atoms with Crippen molar-refractivity contribution in [3.63, 3.8) is 0 Å². The number of amides is 1. The van der Waals surface area contributed by atoms with Gasteiger partial charge in [-0.1, -0.05) is 37.3 Å². The molecule has 0 aromatic heterocycles. The Morgan fingerprint density at radius 1 is 1.23 bits per heavy atom. The molecule has 0 saturated carbocycles. The molecule has 1 rings (SSSR count). The van der Waals surface area contributed by atoms with Crippen molar-refractivity contribution < 1.29 is 19.0 Å². The van der Waals surface area contributed by atoms with Crippen molar-refractivity contribution in [2.45, 2.75) is 38.8 Å². The van der Waals surface area contributed by atoms with Crippen molar-refractivity contribution in [1.82, 2.24) is 10.6 Å². The van der Waals surface area contributed by atoms with Crippen molar-refractivity contribution in [1.29, 1.82) is 0 Å². The van der Waals surface area contributed by atoms with Crippen LogP contribution >= 0.6 is 0 Å². The monoisotopic (exact) mass is 420 g/mol. The van der Waals surface area contributed by atoms with Gasteiger partial charge in [0.2, 0.25) is 5.91 Å². The van der Waals surface area contributed by atoms with Crippen molar-refractivity contribution in [3.05, 3.63) is 48.4 Å². The Hall–Kier alpha value is -2.58. The standard InChI is InChI=1S/C22H36N4O4/c1-4-21(27)26-20(17-29-16-19-10-6-5-7-11-19)22(23)25-13-15-30-18(2)24-12-8-9-14-28-3/h5-7,10-11,20,24H,2,4,8-9,12-17H2,1,3H3,(H2,23,25)(H,26,27)/t20-/m1/s1. The molecule has 0 fully saturated rings. The first-order valence-corrected chi connectivity index (χ1v) is 10.3. The van der Waals surface area contributed by atoms with Gasteiger partial charge < -0.3 is 30.6 Å². The van der Waals surface area contributed by atoms with Crippen LogP contribution in [0.1, 0.15) is 31.7 Å². The number of rotatable bonds is 17. The van der Waals surface area contributed by atoms with E-state index >= 15 is 0 Å². The number of unbranched alkanes of at least 4 members (excludes halogenated alkanes) is 1. The first-order chi connectivity index (χ1) is 14.6. The summed E-state index contributed by atoms with van der Waals surface area (Å²) in [5.74, 6) is 0.707. The highest BCUT2D eigenvalue weighted by atomic mass is 16.5. The Balaban J connectivity index is 2.37. The molecule has 8 nitrogen and oxygen atoms in total. The third kappa shape index (κ3) is 12.1. The summed E-state index contributed by atoms with van der Waals surface area (Å²) >= 11 is 0. The highest BCUT2D eigenvalue weighted by Gasteiger charge is 2.16. The number of benzene rings is 1. The molecule has 30 heavy (non-hydrogen) atoms. The van der Waals surface area contributed by atoms with Gasteiger partial charge in [0.25, 0.3) is 0 Å². The maximum absolute atomic E-state index is 11.8. The normalized spacial score (nSPS) is 12.3. The van der Waals surface area contributed by atoms with Gasteiger partial charge in [-0.25, -0.2) is 0 Å². The molecule has 0 aliphatic rings. The van der Waals surface area contributed by atoms with Crippen LogP contribution in [0.15, 0.2) is 47.8 Å². The Morgan fingerprint density at radius 2 is 2.00 bits per heavy atom. The van der Waals surface area contributed by atoms with E-state index in [2.05, 4.69) is 22.2 Å². The predicted molar refractivity (Wildman–Crippen MR) is 119 cm³/mol. The lowest BCUT2D eigenvalue weighted by molar-refractivity contribution is -0.121. The van der Waals surface area contributed by atoms with Crippen LogP contribution in [0.3, 0.4) is 0 Å². The molecule has 0 heterocycles. The van der Waals surface area contributed by atoms with Gasteiger partial charge in [0, 0.05) is 26.7 Å². The van der Waals surface area contributed by atoms with Gasteiger partial charge >= 0.3 is 0 Å². The van der Waals surface area contributed by atoms with Crippen LogP contribution in [0.2, 0.25) is 0 Å². The lowest BCUT2D eigenvalue weighted by Gasteiger charge is -2.18. The van der Waals surface area contributed by atoms with E-state index in [4.69, 9.17) is 19.9 Å². The molecule has 168 valence electrons. The van der Waals surface area contributed by atoms with Gasteiger partial charge in [0.15, 0.2) is 5.88 Å². The molecule has 4 N–H and O–H groups in total. The molecule has 1 aromatic carbocycles. The van der Waals surface area contributed by atoms with E-state index in [1.54, 1.807) is 14.0 Å².